The molecule has 0 radical (unpaired) electrons. The summed E-state index contributed by atoms with van der Waals surface area (Å²) in [4.78, 5) is 40.5. The molecule has 0 saturated heterocycles. The maximum Gasteiger partial charge on any atom is 0.335 e. The second-order valence-electron chi connectivity index (χ2n) is 10.8. The number of anilines is 3. The molecule has 0 aliphatic rings. The molecule has 3 heterocycles. The molecule has 5 aromatic rings. The van der Waals surface area contributed by atoms with Crippen molar-refractivity contribution in [3.05, 3.63) is 83.8 Å². The minimum Gasteiger partial charge on any atom is -0.478 e. The lowest BCUT2D eigenvalue weighted by Crippen LogP contribution is -2.08. The van der Waals surface area contributed by atoms with Crippen molar-refractivity contribution in [3.8, 4) is 0 Å². The van der Waals surface area contributed by atoms with Gasteiger partial charge in [-0.15, -0.1) is 0 Å². The van der Waals surface area contributed by atoms with Gasteiger partial charge in [-0.2, -0.15) is 0 Å². The maximum absolute atomic E-state index is 12.5. The normalized spacial score (nSPS) is 10.6. The van der Waals surface area contributed by atoms with Gasteiger partial charge in [0.1, 0.15) is 22.4 Å². The molecule has 3 N–H and O–H groups in total. The molecule has 11 heteroatoms. The summed E-state index contributed by atoms with van der Waals surface area (Å²) in [5.74, 6) is 0.644. The summed E-state index contributed by atoms with van der Waals surface area (Å²) in [6.45, 7) is 2.79. The highest BCUT2D eigenvalue weighted by atomic mass is 19.0. The summed E-state index contributed by atoms with van der Waals surface area (Å²) in [7, 11) is 7.81. The Morgan fingerprint density at radius 2 is 1.41 bits per heavy atom. The van der Waals surface area contributed by atoms with Gasteiger partial charge in [0.2, 0.25) is 0 Å². The van der Waals surface area contributed by atoms with Crippen LogP contribution < -0.4 is 15.5 Å². The number of carbonyl (C=O) groups excluding carboxylic acids is 1. The topological polar surface area (TPSA) is 130 Å². The summed E-state index contributed by atoms with van der Waals surface area (Å²) in [6.07, 6.45) is 5.11. The Kier molecular flexibility index (Phi) is 11.3. The fourth-order valence-electron chi connectivity index (χ4n) is 4.83. The third-order valence-electron chi connectivity index (χ3n) is 7.27. The number of carboxylic acid groups (broad SMARTS) is 1. The van der Waals surface area contributed by atoms with E-state index in [1.807, 2.05) is 81.3 Å². The number of hydrogen-bond acceptors (Lipinski definition) is 8. The summed E-state index contributed by atoms with van der Waals surface area (Å²) in [5.41, 5.74) is 12.6. The van der Waals surface area contributed by atoms with E-state index >= 15 is 0 Å². The average molecular weight is 602 g/mol. The number of carbonyl (C=O) groups is 2. The number of ketones is 1. The van der Waals surface area contributed by atoms with E-state index in [1.165, 1.54) is 0 Å². The minimum atomic E-state index is -0.889. The lowest BCUT2D eigenvalue weighted by molar-refractivity contribution is 0.0696. The van der Waals surface area contributed by atoms with E-state index in [4.69, 9.17) is 10.8 Å². The molecule has 0 spiro atoms. The van der Waals surface area contributed by atoms with Crippen molar-refractivity contribution in [2.24, 2.45) is 0 Å². The third kappa shape index (κ3) is 7.85. The Labute approximate surface area is 256 Å². The van der Waals surface area contributed by atoms with Gasteiger partial charge in [0.25, 0.3) is 0 Å². The van der Waals surface area contributed by atoms with Crippen LogP contribution in [0.15, 0.2) is 66.9 Å². The smallest absolute Gasteiger partial charge is 0.335 e. The number of carboxylic acids is 1. The van der Waals surface area contributed by atoms with Gasteiger partial charge in [0, 0.05) is 64.3 Å². The predicted octanol–water partition coefficient (Wildman–Crippen LogP) is 5.98. The number of aromatic nitrogens is 4. The zero-order valence-corrected chi connectivity index (χ0v) is 25.8. The van der Waals surface area contributed by atoms with Crippen LogP contribution in [-0.2, 0) is 6.54 Å². The molecule has 0 aliphatic heterocycles. The third-order valence-corrected chi connectivity index (χ3v) is 7.27. The van der Waals surface area contributed by atoms with Crippen LogP contribution in [0.4, 0.5) is 21.9 Å². The Balaban J connectivity index is 0.000000344. The fraction of sp³-hybridized carbons (Fsp3) is 0.303. The van der Waals surface area contributed by atoms with Crippen LogP contribution in [0.25, 0.3) is 22.1 Å². The molecule has 0 amide bonds. The molecular weight excluding hydrogens is 561 g/mol. The van der Waals surface area contributed by atoms with Gasteiger partial charge in [-0.05, 0) is 80.4 Å². The highest BCUT2D eigenvalue weighted by molar-refractivity contribution is 6.04. The zero-order valence-electron chi connectivity index (χ0n) is 25.8. The first-order chi connectivity index (χ1) is 20.6. The second kappa shape index (κ2) is 14.9. The second-order valence-corrected chi connectivity index (χ2v) is 10.8. The van der Waals surface area contributed by atoms with Crippen LogP contribution in [0.5, 0.6) is 0 Å². The van der Waals surface area contributed by atoms with Gasteiger partial charge in [-0.1, -0.05) is 6.42 Å². The van der Waals surface area contributed by atoms with Crippen LogP contribution in [0, 0.1) is 6.92 Å². The lowest BCUT2D eigenvalue weighted by atomic mass is 10.0. The molecule has 3 aromatic heterocycles. The number of pyridine rings is 2. The molecule has 232 valence electrons. The number of fused-ring (bicyclic) bond motifs is 3. The van der Waals surface area contributed by atoms with E-state index in [0.717, 1.165) is 65.1 Å². The van der Waals surface area contributed by atoms with Crippen molar-refractivity contribution in [2.45, 2.75) is 39.2 Å². The Bertz CT molecular complexity index is 1720. The van der Waals surface area contributed by atoms with Gasteiger partial charge >= 0.3 is 5.97 Å². The van der Waals surface area contributed by atoms with Crippen LogP contribution in [0.1, 0.15) is 52.2 Å². The number of nitrogens with two attached hydrogens (primary N) is 1. The van der Waals surface area contributed by atoms with Crippen molar-refractivity contribution < 1.29 is 19.4 Å². The monoisotopic (exact) mass is 601 g/mol. The SMILES string of the molecule is CN(C)c1ccc(C(=O)O)cc1.Cc1nc2c(N)nc3cccnc3c2n1CCCCCC(=O)c1ccc(N(C)C)cc1.F. The number of unbranched alkanes of at least 4 members (excludes halogenated alkanes) is 2. The Morgan fingerprint density at radius 3 is 1.98 bits per heavy atom. The Morgan fingerprint density at radius 1 is 0.818 bits per heavy atom. The molecule has 2 aromatic carbocycles. The van der Waals surface area contributed by atoms with Crippen molar-refractivity contribution in [1.29, 1.82) is 0 Å². The molecule has 0 unspecified atom stereocenters. The zero-order chi connectivity index (χ0) is 31.1. The van der Waals surface area contributed by atoms with Crippen LogP contribution in [0.3, 0.4) is 0 Å². The number of rotatable bonds is 10. The summed E-state index contributed by atoms with van der Waals surface area (Å²) >= 11 is 0. The highest BCUT2D eigenvalue weighted by Gasteiger charge is 2.16. The van der Waals surface area contributed by atoms with E-state index in [2.05, 4.69) is 19.5 Å². The van der Waals surface area contributed by atoms with E-state index in [-0.39, 0.29) is 10.5 Å². The molecule has 10 nitrogen and oxygen atoms in total. The molecule has 0 atom stereocenters. The lowest BCUT2D eigenvalue weighted by Gasteiger charge is -2.12. The first-order valence-corrected chi connectivity index (χ1v) is 14.2. The van der Waals surface area contributed by atoms with E-state index in [0.29, 0.717) is 23.3 Å². The number of Topliss-reactive ketones (excluding diaryl/α,β-unsaturated/α-hetero) is 1. The fourth-order valence-corrected chi connectivity index (χ4v) is 4.83. The number of nitrogens with zero attached hydrogens (tertiary/aromatic N) is 6. The van der Waals surface area contributed by atoms with Crippen molar-refractivity contribution in [3.63, 3.8) is 0 Å². The molecule has 44 heavy (non-hydrogen) atoms. The largest absolute Gasteiger partial charge is 0.478 e. The standard InChI is InChI=1S/C24H28N6O.C9H11NO2.FH/c1-16-27-22-23(21-19(28-24(22)25)8-7-14-26-21)30(16)15-6-4-5-9-20(31)17-10-12-18(13-11-17)29(2)3;1-10(2)8-5-3-7(4-6-8)9(11)12;/h7-8,10-14H,4-6,9,15H2,1-3H3,(H2,25,28);3-6H,1-2H3,(H,11,12);1H. The number of benzene rings is 2. The maximum atomic E-state index is 12.5. The number of nitrogen functional groups attached to an aromatic ring is 1. The summed E-state index contributed by atoms with van der Waals surface area (Å²) in [5, 5.41) is 8.60. The minimum absolute atomic E-state index is 0. The van der Waals surface area contributed by atoms with E-state index < -0.39 is 5.97 Å². The highest BCUT2D eigenvalue weighted by Crippen LogP contribution is 2.27. The van der Waals surface area contributed by atoms with Gasteiger partial charge in [0.15, 0.2) is 11.6 Å². The van der Waals surface area contributed by atoms with Crippen molar-refractivity contribution >= 4 is 51.0 Å². The summed E-state index contributed by atoms with van der Waals surface area (Å²) < 4.78 is 2.17. The molecule has 0 aliphatic carbocycles. The number of halogens is 1. The number of aryl methyl sites for hydroxylation is 2. The van der Waals surface area contributed by atoms with Crippen molar-refractivity contribution in [2.75, 3.05) is 43.7 Å². The van der Waals surface area contributed by atoms with Crippen LogP contribution in [-0.4, -0.2) is 64.6 Å². The Hall–Kier alpha value is -5.06. The first-order valence-electron chi connectivity index (χ1n) is 14.2. The van der Waals surface area contributed by atoms with Crippen LogP contribution in [0.2, 0.25) is 0 Å². The molecule has 0 saturated carbocycles. The van der Waals surface area contributed by atoms with E-state index in [9.17, 15) is 9.59 Å². The average Bonchev–Trinajstić information content (AvgIpc) is 3.34. The van der Waals surface area contributed by atoms with Gasteiger partial charge < -0.3 is 25.2 Å². The molecule has 0 bridgehead atoms. The first kappa shape index (κ1) is 33.4. The quantitative estimate of drug-likeness (QED) is 0.147. The number of aromatic carboxylic acids is 1. The molecular formula is C33H40FN7O3. The van der Waals surface area contributed by atoms with Gasteiger partial charge in [-0.3, -0.25) is 14.5 Å². The van der Waals surface area contributed by atoms with Gasteiger partial charge in [-0.25, -0.2) is 14.8 Å². The predicted molar refractivity (Wildman–Crippen MR) is 176 cm³/mol. The van der Waals surface area contributed by atoms with Crippen molar-refractivity contribution in [1.82, 2.24) is 19.5 Å². The van der Waals surface area contributed by atoms with E-state index in [1.54, 1.807) is 30.5 Å². The summed E-state index contributed by atoms with van der Waals surface area (Å²) in [6, 6.07) is 18.3. The van der Waals surface area contributed by atoms with Gasteiger partial charge in [0.05, 0.1) is 11.1 Å². The number of hydrogen-bond donors (Lipinski definition) is 2. The van der Waals surface area contributed by atoms with Crippen LogP contribution >= 0.6 is 0 Å². The molecule has 0 fully saturated rings. The molecule has 5 rings (SSSR count). The number of imidazole rings is 1.